The summed E-state index contributed by atoms with van der Waals surface area (Å²) in [5, 5.41) is 14.1. The zero-order chi connectivity index (χ0) is 13.3. The second-order valence-electron chi connectivity index (χ2n) is 3.27. The number of hydrogen-bond acceptors (Lipinski definition) is 6. The monoisotopic (exact) mass is 272 g/mol. The van der Waals surface area contributed by atoms with Gasteiger partial charge in [-0.05, 0) is 19.1 Å². The van der Waals surface area contributed by atoms with Gasteiger partial charge in [-0.1, -0.05) is 0 Å². The van der Waals surface area contributed by atoms with E-state index in [4.69, 9.17) is 5.11 Å². The largest absolute Gasteiger partial charge is 0.475 e. The number of carboxylic acids is 1. The van der Waals surface area contributed by atoms with E-state index >= 15 is 0 Å². The Bertz CT molecular complexity index is 686. The molecule has 0 aliphatic heterocycles. The van der Waals surface area contributed by atoms with E-state index in [0.29, 0.717) is 5.82 Å². The molecule has 9 nitrogen and oxygen atoms in total. The number of furan rings is 1. The maximum absolute atomic E-state index is 11.8. The fourth-order valence-electron chi connectivity index (χ4n) is 1.14. The highest BCUT2D eigenvalue weighted by Gasteiger charge is 2.22. The molecule has 2 heterocycles. The summed E-state index contributed by atoms with van der Waals surface area (Å²) in [4.78, 5) is 14.3. The molecule has 10 heteroatoms. The molecule has 18 heavy (non-hydrogen) atoms. The molecule has 0 atom stereocenters. The third-order valence-corrected chi connectivity index (χ3v) is 3.08. The van der Waals surface area contributed by atoms with Crippen LogP contribution < -0.4 is 4.72 Å². The van der Waals surface area contributed by atoms with Crippen molar-refractivity contribution in [1.29, 1.82) is 0 Å². The Labute approximate surface area is 101 Å². The summed E-state index contributed by atoms with van der Waals surface area (Å²) in [6.07, 6.45) is 0. The van der Waals surface area contributed by atoms with Crippen LogP contribution in [0.2, 0.25) is 0 Å². The molecule has 0 unspecified atom stereocenters. The van der Waals surface area contributed by atoms with E-state index in [1.54, 1.807) is 6.92 Å². The van der Waals surface area contributed by atoms with E-state index in [9.17, 15) is 13.2 Å². The van der Waals surface area contributed by atoms with Crippen molar-refractivity contribution in [3.63, 3.8) is 0 Å². The molecule has 0 aromatic carbocycles. The molecule has 0 spiro atoms. The van der Waals surface area contributed by atoms with Gasteiger partial charge in [-0.3, -0.25) is 5.10 Å². The summed E-state index contributed by atoms with van der Waals surface area (Å²) in [5.41, 5.74) is 0. The van der Waals surface area contributed by atoms with Crippen LogP contribution in [0.4, 0.5) is 5.95 Å². The van der Waals surface area contributed by atoms with Gasteiger partial charge in [-0.25, -0.2) is 9.52 Å². The second-order valence-corrected chi connectivity index (χ2v) is 4.89. The van der Waals surface area contributed by atoms with E-state index in [-0.39, 0.29) is 5.95 Å². The molecule has 0 saturated heterocycles. The lowest BCUT2D eigenvalue weighted by Gasteiger charge is -1.99. The van der Waals surface area contributed by atoms with Crippen molar-refractivity contribution in [2.24, 2.45) is 0 Å². The molecule has 0 amide bonds. The number of anilines is 1. The summed E-state index contributed by atoms with van der Waals surface area (Å²) in [6.45, 7) is 1.60. The molecule has 0 radical (unpaired) electrons. The maximum Gasteiger partial charge on any atom is 0.371 e. The number of sulfonamides is 1. The number of aryl methyl sites for hydroxylation is 1. The van der Waals surface area contributed by atoms with Gasteiger partial charge in [0.15, 0.2) is 0 Å². The van der Waals surface area contributed by atoms with E-state index in [2.05, 4.69) is 19.6 Å². The van der Waals surface area contributed by atoms with E-state index < -0.39 is 26.8 Å². The molecule has 96 valence electrons. The highest BCUT2D eigenvalue weighted by molar-refractivity contribution is 7.92. The number of nitrogens with zero attached hydrogens (tertiary/aromatic N) is 2. The number of hydrogen-bond donors (Lipinski definition) is 3. The van der Waals surface area contributed by atoms with Crippen LogP contribution in [0.25, 0.3) is 0 Å². The van der Waals surface area contributed by atoms with Crippen molar-refractivity contribution in [2.45, 2.75) is 12.0 Å². The highest BCUT2D eigenvalue weighted by Crippen LogP contribution is 2.16. The Balaban J connectivity index is 2.27. The molecule has 0 aliphatic rings. The predicted molar refractivity (Wildman–Crippen MR) is 57.6 cm³/mol. The van der Waals surface area contributed by atoms with Crippen LogP contribution >= 0.6 is 0 Å². The molecule has 2 aromatic heterocycles. The Hall–Kier alpha value is -2.36. The fraction of sp³-hybridized carbons (Fsp3) is 0.125. The van der Waals surface area contributed by atoms with Gasteiger partial charge < -0.3 is 9.52 Å². The Morgan fingerprint density at radius 3 is 2.72 bits per heavy atom. The summed E-state index contributed by atoms with van der Waals surface area (Å²) in [5.74, 6) is -1.55. The maximum atomic E-state index is 11.8. The van der Waals surface area contributed by atoms with Gasteiger partial charge in [0.2, 0.25) is 10.9 Å². The normalized spacial score (nSPS) is 11.4. The van der Waals surface area contributed by atoms with Crippen molar-refractivity contribution in [3.05, 3.63) is 23.7 Å². The van der Waals surface area contributed by atoms with E-state index in [1.165, 1.54) is 0 Å². The zero-order valence-electron chi connectivity index (χ0n) is 9.04. The zero-order valence-corrected chi connectivity index (χ0v) is 9.85. The second kappa shape index (κ2) is 4.14. The van der Waals surface area contributed by atoms with Gasteiger partial charge in [-0.2, -0.15) is 13.4 Å². The smallest absolute Gasteiger partial charge is 0.371 e. The number of aromatic nitrogens is 3. The van der Waals surface area contributed by atoms with Crippen LogP contribution in [0.1, 0.15) is 16.4 Å². The average molecular weight is 272 g/mol. The van der Waals surface area contributed by atoms with Crippen molar-refractivity contribution in [1.82, 2.24) is 15.2 Å². The molecule has 0 aliphatic carbocycles. The quantitative estimate of drug-likeness (QED) is 0.722. The molecule has 2 rings (SSSR count). The fourth-order valence-corrected chi connectivity index (χ4v) is 2.02. The molecule has 3 N–H and O–H groups in total. The first-order valence-electron chi connectivity index (χ1n) is 4.63. The summed E-state index contributed by atoms with van der Waals surface area (Å²) in [7, 11) is -4.04. The third-order valence-electron chi connectivity index (χ3n) is 1.88. The molecular weight excluding hydrogens is 264 g/mol. The number of rotatable bonds is 4. The van der Waals surface area contributed by atoms with Gasteiger partial charge in [0.25, 0.3) is 16.0 Å². The number of nitrogens with one attached hydrogen (secondary N) is 2. The lowest BCUT2D eigenvalue weighted by molar-refractivity contribution is 0.0656. The summed E-state index contributed by atoms with van der Waals surface area (Å²) in [6, 6.07) is 2.07. The van der Waals surface area contributed by atoms with Crippen molar-refractivity contribution >= 4 is 21.9 Å². The minimum Gasteiger partial charge on any atom is -0.475 e. The van der Waals surface area contributed by atoms with Gasteiger partial charge in [-0.15, -0.1) is 5.10 Å². The van der Waals surface area contributed by atoms with Crippen LogP contribution in [0.15, 0.2) is 21.6 Å². The lowest BCUT2D eigenvalue weighted by atomic mass is 10.5. The van der Waals surface area contributed by atoms with Crippen LogP contribution in [0.3, 0.4) is 0 Å². The summed E-state index contributed by atoms with van der Waals surface area (Å²) >= 11 is 0. The predicted octanol–water partition coefficient (Wildman–Crippen LogP) is 0.205. The number of carbonyl (C=O) groups is 1. The molecule has 0 bridgehead atoms. The van der Waals surface area contributed by atoms with Gasteiger partial charge in [0.05, 0.1) is 0 Å². The van der Waals surface area contributed by atoms with Crippen LogP contribution in [0, 0.1) is 6.92 Å². The number of carboxylic acid groups (broad SMARTS) is 1. The number of aromatic amines is 1. The van der Waals surface area contributed by atoms with Gasteiger partial charge >= 0.3 is 5.97 Å². The highest BCUT2D eigenvalue weighted by atomic mass is 32.2. The standard InChI is InChI=1S/C8H8N4O5S/c1-4-9-8(11-10-4)12-18(15,16)6-3-2-5(17-6)7(13)14/h2-3H,1H3,(H,13,14)(H2,9,10,11,12). The SMILES string of the molecule is Cc1nc(NS(=O)(=O)c2ccc(C(=O)O)o2)n[nH]1. The van der Waals surface area contributed by atoms with Crippen molar-refractivity contribution in [3.8, 4) is 0 Å². The molecule has 2 aromatic rings. The molecular formula is C8H8N4O5S. The average Bonchev–Trinajstić information content (AvgIpc) is 2.86. The first-order chi connectivity index (χ1) is 8.38. The summed E-state index contributed by atoms with van der Waals surface area (Å²) < 4.78 is 30.2. The number of H-pyrrole nitrogens is 1. The van der Waals surface area contributed by atoms with Crippen LogP contribution in [-0.4, -0.2) is 34.7 Å². The van der Waals surface area contributed by atoms with Crippen molar-refractivity contribution < 1.29 is 22.7 Å². The first kappa shape index (κ1) is 12.1. The lowest BCUT2D eigenvalue weighted by Crippen LogP contribution is -2.13. The van der Waals surface area contributed by atoms with E-state index in [0.717, 1.165) is 12.1 Å². The van der Waals surface area contributed by atoms with E-state index in [1.807, 2.05) is 4.72 Å². The Kier molecular flexibility index (Phi) is 2.79. The van der Waals surface area contributed by atoms with Crippen LogP contribution in [0.5, 0.6) is 0 Å². The Morgan fingerprint density at radius 1 is 1.50 bits per heavy atom. The van der Waals surface area contributed by atoms with Gasteiger partial charge in [0.1, 0.15) is 5.82 Å². The van der Waals surface area contributed by atoms with Gasteiger partial charge in [0, 0.05) is 0 Å². The number of aromatic carboxylic acids is 1. The Morgan fingerprint density at radius 2 is 2.22 bits per heavy atom. The third kappa shape index (κ3) is 2.32. The molecule has 0 fully saturated rings. The first-order valence-corrected chi connectivity index (χ1v) is 6.12. The molecule has 0 saturated carbocycles. The minimum atomic E-state index is -4.04. The minimum absolute atomic E-state index is 0.152. The van der Waals surface area contributed by atoms with Crippen LogP contribution in [-0.2, 0) is 10.0 Å². The van der Waals surface area contributed by atoms with Crippen molar-refractivity contribution in [2.75, 3.05) is 4.72 Å². The topological polar surface area (TPSA) is 138 Å².